The zero-order valence-electron chi connectivity index (χ0n) is 15.2. The Hall–Kier alpha value is -3.79. The van der Waals surface area contributed by atoms with Crippen molar-refractivity contribution in [2.75, 3.05) is 6.61 Å². The van der Waals surface area contributed by atoms with Gasteiger partial charge >= 0.3 is 0 Å². The molecule has 0 radical (unpaired) electrons. The highest BCUT2D eigenvalue weighted by Crippen LogP contribution is 2.27. The normalized spacial score (nSPS) is 10.2. The maximum absolute atomic E-state index is 12.3. The van der Waals surface area contributed by atoms with E-state index in [9.17, 15) is 19.7 Å². The number of carbonyl (C=O) groups is 2. The lowest BCUT2D eigenvalue weighted by molar-refractivity contribution is -0.384. The summed E-state index contributed by atoms with van der Waals surface area (Å²) in [4.78, 5) is 39.2. The molecule has 0 aliphatic heterocycles. The van der Waals surface area contributed by atoms with Gasteiger partial charge < -0.3 is 4.74 Å². The minimum absolute atomic E-state index is 0.147. The number of rotatable bonds is 6. The maximum atomic E-state index is 12.3. The molecule has 0 aliphatic carbocycles. The average molecular weight is 412 g/mol. The number of carbonyl (C=O) groups excluding carboxylic acids is 2. The van der Waals surface area contributed by atoms with Crippen molar-refractivity contribution < 1.29 is 19.2 Å². The molecule has 3 rings (SSSR count). The van der Waals surface area contributed by atoms with Crippen molar-refractivity contribution in [1.82, 2.24) is 15.8 Å². The molecule has 2 aromatic carbocycles. The van der Waals surface area contributed by atoms with Gasteiger partial charge in [0.1, 0.15) is 15.6 Å². The first kappa shape index (κ1) is 20.0. The van der Waals surface area contributed by atoms with E-state index < -0.39 is 23.3 Å². The molecule has 29 heavy (non-hydrogen) atoms. The summed E-state index contributed by atoms with van der Waals surface area (Å²) in [5.74, 6) is -0.937. The number of thiazole rings is 1. The van der Waals surface area contributed by atoms with E-state index in [1.165, 1.54) is 35.6 Å². The fraction of sp³-hybridized carbons (Fsp3) is 0.105. The fourth-order valence-corrected chi connectivity index (χ4v) is 3.33. The molecule has 0 saturated heterocycles. The number of aromatic nitrogens is 1. The number of aryl methyl sites for hydroxylation is 1. The molecule has 1 aromatic heterocycles. The Kier molecular flexibility index (Phi) is 6.15. The zero-order valence-corrected chi connectivity index (χ0v) is 16.1. The van der Waals surface area contributed by atoms with Gasteiger partial charge in [-0.15, -0.1) is 11.3 Å². The Balaban J connectivity index is 1.54. The Morgan fingerprint density at radius 2 is 1.90 bits per heavy atom. The molecule has 0 aliphatic rings. The number of benzene rings is 2. The van der Waals surface area contributed by atoms with Crippen LogP contribution in [0.3, 0.4) is 0 Å². The molecule has 10 heteroatoms. The lowest BCUT2D eigenvalue weighted by Crippen LogP contribution is -2.43. The quantitative estimate of drug-likeness (QED) is 0.474. The number of nitrogens with one attached hydrogen (secondary N) is 2. The van der Waals surface area contributed by atoms with Crippen molar-refractivity contribution in [3.05, 3.63) is 75.3 Å². The highest BCUT2D eigenvalue weighted by atomic mass is 32.1. The summed E-state index contributed by atoms with van der Waals surface area (Å²) in [6.45, 7) is 1.30. The summed E-state index contributed by atoms with van der Waals surface area (Å²) in [5.41, 5.74) is 5.86. The van der Waals surface area contributed by atoms with Crippen LogP contribution < -0.4 is 15.6 Å². The van der Waals surface area contributed by atoms with Crippen LogP contribution >= 0.6 is 11.3 Å². The molecule has 0 spiro atoms. The molecule has 1 heterocycles. The summed E-state index contributed by atoms with van der Waals surface area (Å²) in [6, 6.07) is 14.9. The van der Waals surface area contributed by atoms with Crippen LogP contribution in [0.25, 0.3) is 10.6 Å². The van der Waals surface area contributed by atoms with E-state index in [1.54, 1.807) is 6.92 Å². The lowest BCUT2D eigenvalue weighted by Gasteiger charge is -2.08. The van der Waals surface area contributed by atoms with Crippen LogP contribution in [0.5, 0.6) is 5.75 Å². The van der Waals surface area contributed by atoms with Gasteiger partial charge in [-0.1, -0.05) is 36.4 Å². The van der Waals surface area contributed by atoms with Crippen molar-refractivity contribution in [3.8, 4) is 16.3 Å². The first-order chi connectivity index (χ1) is 13.9. The third-order valence-electron chi connectivity index (χ3n) is 3.74. The SMILES string of the molecule is Cc1nc(-c2ccccc2)sc1C(=O)NNC(=O)COc1cccc([N+](=O)[O-])c1. The molecule has 148 valence electrons. The van der Waals surface area contributed by atoms with Crippen molar-refractivity contribution in [3.63, 3.8) is 0 Å². The van der Waals surface area contributed by atoms with Crippen molar-refractivity contribution in [1.29, 1.82) is 0 Å². The summed E-state index contributed by atoms with van der Waals surface area (Å²) in [5, 5.41) is 11.4. The second-order valence-electron chi connectivity index (χ2n) is 5.85. The number of amides is 2. The first-order valence-electron chi connectivity index (χ1n) is 8.43. The van der Waals surface area contributed by atoms with Gasteiger partial charge in [-0.05, 0) is 13.0 Å². The highest BCUT2D eigenvalue weighted by Gasteiger charge is 2.17. The molecular formula is C19H16N4O5S. The fourth-order valence-electron chi connectivity index (χ4n) is 2.37. The Morgan fingerprint density at radius 1 is 1.14 bits per heavy atom. The number of nitro groups is 1. The third-order valence-corrected chi connectivity index (χ3v) is 4.94. The number of non-ortho nitro benzene ring substituents is 1. The van der Waals surface area contributed by atoms with E-state index in [0.717, 1.165) is 5.56 Å². The summed E-state index contributed by atoms with van der Waals surface area (Å²) in [6.07, 6.45) is 0. The molecule has 0 bridgehead atoms. The van der Waals surface area contributed by atoms with Gasteiger partial charge in [-0.3, -0.25) is 30.6 Å². The Labute approximate surface area is 169 Å². The van der Waals surface area contributed by atoms with Crippen LogP contribution in [0.4, 0.5) is 5.69 Å². The molecule has 2 amide bonds. The summed E-state index contributed by atoms with van der Waals surface area (Å²) >= 11 is 1.22. The van der Waals surface area contributed by atoms with Crippen LogP contribution in [0.15, 0.2) is 54.6 Å². The van der Waals surface area contributed by atoms with Crippen molar-refractivity contribution in [2.45, 2.75) is 6.92 Å². The van der Waals surface area contributed by atoms with Crippen LogP contribution in [-0.4, -0.2) is 28.3 Å². The summed E-state index contributed by atoms with van der Waals surface area (Å²) < 4.78 is 5.20. The molecule has 9 nitrogen and oxygen atoms in total. The Bertz CT molecular complexity index is 1050. The van der Waals surface area contributed by atoms with E-state index in [-0.39, 0.29) is 11.4 Å². The maximum Gasteiger partial charge on any atom is 0.281 e. The highest BCUT2D eigenvalue weighted by molar-refractivity contribution is 7.17. The minimum Gasteiger partial charge on any atom is -0.483 e. The van der Waals surface area contributed by atoms with E-state index in [2.05, 4.69) is 15.8 Å². The van der Waals surface area contributed by atoms with Crippen molar-refractivity contribution >= 4 is 28.8 Å². The molecule has 3 aromatic rings. The average Bonchev–Trinajstić information content (AvgIpc) is 3.13. The van der Waals surface area contributed by atoms with Crippen LogP contribution in [-0.2, 0) is 4.79 Å². The number of nitrogens with zero attached hydrogens (tertiary/aromatic N) is 2. The predicted octanol–water partition coefficient (Wildman–Crippen LogP) is 2.87. The Morgan fingerprint density at radius 3 is 2.62 bits per heavy atom. The predicted molar refractivity (Wildman–Crippen MR) is 106 cm³/mol. The van der Waals surface area contributed by atoms with Gasteiger partial charge in [-0.25, -0.2) is 4.98 Å². The van der Waals surface area contributed by atoms with Gasteiger partial charge in [0.05, 0.1) is 16.7 Å². The first-order valence-corrected chi connectivity index (χ1v) is 9.25. The van der Waals surface area contributed by atoms with Gasteiger partial charge in [0, 0.05) is 11.6 Å². The van der Waals surface area contributed by atoms with Crippen LogP contribution in [0.2, 0.25) is 0 Å². The van der Waals surface area contributed by atoms with E-state index in [4.69, 9.17) is 4.74 Å². The second-order valence-corrected chi connectivity index (χ2v) is 6.84. The standard InChI is InChI=1S/C19H16N4O5S/c1-12-17(29-19(20-12)13-6-3-2-4-7-13)18(25)22-21-16(24)11-28-15-9-5-8-14(10-15)23(26)27/h2-10H,11H2,1H3,(H,21,24)(H,22,25). The topological polar surface area (TPSA) is 123 Å². The van der Waals surface area contributed by atoms with E-state index >= 15 is 0 Å². The lowest BCUT2D eigenvalue weighted by atomic mass is 10.2. The number of hydrazine groups is 1. The zero-order chi connectivity index (χ0) is 20.8. The van der Waals surface area contributed by atoms with Crippen molar-refractivity contribution in [2.24, 2.45) is 0 Å². The number of hydrogen-bond acceptors (Lipinski definition) is 7. The van der Waals surface area contributed by atoms with Gasteiger partial charge in [0.25, 0.3) is 17.5 Å². The molecule has 0 saturated carbocycles. The molecule has 0 atom stereocenters. The van der Waals surface area contributed by atoms with Gasteiger partial charge in [0.15, 0.2) is 6.61 Å². The monoisotopic (exact) mass is 412 g/mol. The van der Waals surface area contributed by atoms with Gasteiger partial charge in [-0.2, -0.15) is 0 Å². The molecular weight excluding hydrogens is 396 g/mol. The largest absolute Gasteiger partial charge is 0.483 e. The third kappa shape index (κ3) is 5.14. The molecule has 0 unspecified atom stereocenters. The summed E-state index contributed by atoms with van der Waals surface area (Å²) in [7, 11) is 0. The number of hydrogen-bond donors (Lipinski definition) is 2. The second kappa shape index (κ2) is 8.93. The van der Waals surface area contributed by atoms with Crippen LogP contribution in [0.1, 0.15) is 15.4 Å². The van der Waals surface area contributed by atoms with Crippen LogP contribution in [0, 0.1) is 17.0 Å². The van der Waals surface area contributed by atoms with E-state index in [0.29, 0.717) is 15.6 Å². The number of ether oxygens (including phenoxy) is 1. The van der Waals surface area contributed by atoms with E-state index in [1.807, 2.05) is 30.3 Å². The number of nitro benzene ring substituents is 1. The molecule has 2 N–H and O–H groups in total. The minimum atomic E-state index is -0.615. The molecule has 0 fully saturated rings. The van der Waals surface area contributed by atoms with Gasteiger partial charge in [0.2, 0.25) is 0 Å². The smallest absolute Gasteiger partial charge is 0.281 e.